The molecular weight excluding hydrogens is 294 g/mol. The fourth-order valence-corrected chi connectivity index (χ4v) is 3.59. The molecule has 3 aliphatic rings. The van der Waals surface area contributed by atoms with E-state index in [1.807, 2.05) is 9.47 Å². The molecule has 0 radical (unpaired) electrons. The van der Waals surface area contributed by atoms with Gasteiger partial charge < -0.3 is 4.90 Å². The zero-order valence-electron chi connectivity index (χ0n) is 13.3. The summed E-state index contributed by atoms with van der Waals surface area (Å²) >= 11 is 0. The number of aromatic nitrogens is 3. The van der Waals surface area contributed by atoms with Gasteiger partial charge in [-0.05, 0) is 38.5 Å². The summed E-state index contributed by atoms with van der Waals surface area (Å²) in [4.78, 5) is 26.7. The molecule has 1 saturated heterocycles. The van der Waals surface area contributed by atoms with E-state index in [2.05, 4.69) is 15.5 Å². The number of nitrogens with one attached hydrogen (secondary N) is 1. The summed E-state index contributed by atoms with van der Waals surface area (Å²) in [5, 5.41) is 11.2. The van der Waals surface area contributed by atoms with Crippen molar-refractivity contribution in [3.05, 3.63) is 5.82 Å². The van der Waals surface area contributed by atoms with Gasteiger partial charge in [-0.1, -0.05) is 0 Å². The first kappa shape index (κ1) is 14.7. The number of likely N-dealkylation sites (tertiary alicyclic amines) is 1. The molecule has 1 saturated carbocycles. The maximum atomic E-state index is 12.6. The number of carbonyl (C=O) groups excluding carboxylic acids is 2. The Morgan fingerprint density at radius 3 is 2.70 bits per heavy atom. The molecule has 2 amide bonds. The van der Waals surface area contributed by atoms with E-state index in [1.165, 1.54) is 0 Å². The average molecular weight is 317 g/mol. The third kappa shape index (κ3) is 2.96. The highest BCUT2D eigenvalue weighted by Gasteiger charge is 2.37. The highest BCUT2D eigenvalue weighted by atomic mass is 16.2. The number of aryl methyl sites for hydroxylation is 1. The van der Waals surface area contributed by atoms with E-state index in [1.54, 1.807) is 0 Å². The molecule has 0 unspecified atom stereocenters. The van der Waals surface area contributed by atoms with Crippen LogP contribution in [0.25, 0.3) is 0 Å². The number of hydrogen-bond acceptors (Lipinski definition) is 4. The molecular formula is C16H23N5O2. The lowest BCUT2D eigenvalue weighted by Crippen LogP contribution is -2.44. The van der Waals surface area contributed by atoms with Gasteiger partial charge in [0.15, 0.2) is 0 Å². The van der Waals surface area contributed by atoms with Crippen LogP contribution in [0.4, 0.5) is 5.95 Å². The molecule has 1 aromatic rings. The van der Waals surface area contributed by atoms with Gasteiger partial charge in [0.1, 0.15) is 5.82 Å². The molecule has 1 atom stereocenters. The van der Waals surface area contributed by atoms with Gasteiger partial charge in [0.2, 0.25) is 17.8 Å². The maximum absolute atomic E-state index is 12.6. The van der Waals surface area contributed by atoms with E-state index in [9.17, 15) is 9.59 Å². The normalized spacial score (nSPS) is 24.2. The molecule has 7 nitrogen and oxygen atoms in total. The van der Waals surface area contributed by atoms with Gasteiger partial charge in [-0.3, -0.25) is 19.5 Å². The number of fused-ring (bicyclic) bond motifs is 1. The van der Waals surface area contributed by atoms with Crippen molar-refractivity contribution >= 4 is 17.8 Å². The third-order valence-electron chi connectivity index (χ3n) is 5.12. The van der Waals surface area contributed by atoms with Crippen LogP contribution in [0.5, 0.6) is 0 Å². The van der Waals surface area contributed by atoms with Crippen molar-refractivity contribution in [2.75, 3.05) is 18.4 Å². The van der Waals surface area contributed by atoms with Gasteiger partial charge in [-0.25, -0.2) is 0 Å². The first-order valence-electron chi connectivity index (χ1n) is 8.74. The zero-order valence-corrected chi connectivity index (χ0v) is 13.3. The van der Waals surface area contributed by atoms with Gasteiger partial charge in [0.25, 0.3) is 0 Å². The Bertz CT molecular complexity index is 622. The topological polar surface area (TPSA) is 80.1 Å². The van der Waals surface area contributed by atoms with Crippen molar-refractivity contribution in [1.82, 2.24) is 19.7 Å². The summed E-state index contributed by atoms with van der Waals surface area (Å²) in [5.41, 5.74) is 0. The third-order valence-corrected chi connectivity index (χ3v) is 5.12. The molecule has 23 heavy (non-hydrogen) atoms. The van der Waals surface area contributed by atoms with Gasteiger partial charge in [-0.2, -0.15) is 0 Å². The van der Waals surface area contributed by atoms with E-state index in [0.717, 1.165) is 63.9 Å². The maximum Gasteiger partial charge on any atom is 0.231 e. The summed E-state index contributed by atoms with van der Waals surface area (Å²) in [6.45, 7) is 2.20. The molecule has 2 aliphatic heterocycles. The lowest BCUT2D eigenvalue weighted by molar-refractivity contribution is -0.135. The first-order valence-corrected chi connectivity index (χ1v) is 8.74. The lowest BCUT2D eigenvalue weighted by atomic mass is 9.97. The van der Waals surface area contributed by atoms with Crippen LogP contribution in [-0.2, 0) is 22.6 Å². The standard InChI is InChI=1S/C16H23N5O2/c22-14(17-16-19-18-13-5-1-2-9-21(13)16)12-4-3-8-20(10-12)15(23)11-6-7-11/h11-12H,1-10H2,(H,17,19,22)/t12-/m0/s1. The molecule has 7 heteroatoms. The highest BCUT2D eigenvalue weighted by molar-refractivity contribution is 5.92. The zero-order chi connectivity index (χ0) is 15.8. The second-order valence-electron chi connectivity index (χ2n) is 6.94. The fraction of sp³-hybridized carbons (Fsp3) is 0.750. The number of nitrogens with zero attached hydrogens (tertiary/aromatic N) is 4. The molecule has 1 aliphatic carbocycles. The first-order chi connectivity index (χ1) is 11.2. The Kier molecular flexibility index (Phi) is 3.79. The monoisotopic (exact) mass is 317 g/mol. The van der Waals surface area contributed by atoms with Crippen molar-refractivity contribution < 1.29 is 9.59 Å². The van der Waals surface area contributed by atoms with Crippen molar-refractivity contribution in [3.8, 4) is 0 Å². The van der Waals surface area contributed by atoms with Crippen LogP contribution in [-0.4, -0.2) is 44.6 Å². The molecule has 2 fully saturated rings. The van der Waals surface area contributed by atoms with E-state index >= 15 is 0 Å². The van der Waals surface area contributed by atoms with E-state index in [4.69, 9.17) is 0 Å². The Morgan fingerprint density at radius 1 is 1.00 bits per heavy atom. The minimum Gasteiger partial charge on any atom is -0.342 e. The van der Waals surface area contributed by atoms with Crippen molar-refractivity contribution in [2.24, 2.45) is 11.8 Å². The second-order valence-corrected chi connectivity index (χ2v) is 6.94. The number of amides is 2. The van der Waals surface area contributed by atoms with Crippen molar-refractivity contribution in [2.45, 2.75) is 51.5 Å². The molecule has 1 aromatic heterocycles. The minimum absolute atomic E-state index is 0.0286. The van der Waals surface area contributed by atoms with Crippen LogP contribution in [0.2, 0.25) is 0 Å². The van der Waals surface area contributed by atoms with Crippen LogP contribution in [0.15, 0.2) is 0 Å². The van der Waals surface area contributed by atoms with Crippen LogP contribution in [0.1, 0.15) is 44.3 Å². The van der Waals surface area contributed by atoms with Gasteiger partial charge in [0, 0.05) is 32.0 Å². The van der Waals surface area contributed by atoms with E-state index in [-0.39, 0.29) is 23.7 Å². The molecule has 4 rings (SSSR count). The Balaban J connectivity index is 1.40. The molecule has 3 heterocycles. The van der Waals surface area contributed by atoms with Crippen LogP contribution >= 0.6 is 0 Å². The van der Waals surface area contributed by atoms with E-state index < -0.39 is 0 Å². The summed E-state index contributed by atoms with van der Waals surface area (Å²) < 4.78 is 2.01. The quantitative estimate of drug-likeness (QED) is 0.908. The summed E-state index contributed by atoms with van der Waals surface area (Å²) in [6, 6.07) is 0. The smallest absolute Gasteiger partial charge is 0.231 e. The Labute approximate surface area is 135 Å². The second kappa shape index (κ2) is 5.94. The van der Waals surface area contributed by atoms with Crippen LogP contribution in [0.3, 0.4) is 0 Å². The average Bonchev–Trinajstić information content (AvgIpc) is 3.37. The molecule has 1 N–H and O–H groups in total. The molecule has 124 valence electrons. The number of rotatable bonds is 3. The highest BCUT2D eigenvalue weighted by Crippen LogP contribution is 2.32. The van der Waals surface area contributed by atoms with Gasteiger partial charge in [-0.15, -0.1) is 10.2 Å². The molecule has 0 spiro atoms. The van der Waals surface area contributed by atoms with Gasteiger partial charge in [0.05, 0.1) is 5.92 Å². The molecule has 0 bridgehead atoms. The number of anilines is 1. The summed E-state index contributed by atoms with van der Waals surface area (Å²) in [6.07, 6.45) is 6.91. The number of hydrogen-bond donors (Lipinski definition) is 1. The van der Waals surface area contributed by atoms with Gasteiger partial charge >= 0.3 is 0 Å². The molecule has 0 aromatic carbocycles. The predicted molar refractivity (Wildman–Crippen MR) is 83.6 cm³/mol. The summed E-state index contributed by atoms with van der Waals surface area (Å²) in [5.74, 6) is 1.82. The minimum atomic E-state index is -0.136. The summed E-state index contributed by atoms with van der Waals surface area (Å²) in [7, 11) is 0. The largest absolute Gasteiger partial charge is 0.342 e. The predicted octanol–water partition coefficient (Wildman–Crippen LogP) is 1.20. The lowest BCUT2D eigenvalue weighted by Gasteiger charge is -2.32. The number of carbonyl (C=O) groups is 2. The van der Waals surface area contributed by atoms with Crippen molar-refractivity contribution in [1.29, 1.82) is 0 Å². The number of piperidine rings is 1. The van der Waals surface area contributed by atoms with Crippen molar-refractivity contribution in [3.63, 3.8) is 0 Å². The Morgan fingerprint density at radius 2 is 1.87 bits per heavy atom. The Hall–Kier alpha value is -1.92. The van der Waals surface area contributed by atoms with Crippen LogP contribution < -0.4 is 5.32 Å². The fourth-order valence-electron chi connectivity index (χ4n) is 3.59. The van der Waals surface area contributed by atoms with Crippen LogP contribution in [0, 0.1) is 11.8 Å². The van der Waals surface area contributed by atoms with E-state index in [0.29, 0.717) is 12.5 Å². The SMILES string of the molecule is O=C(Nc1nnc2n1CCCC2)[C@H]1CCCN(C(=O)C2CC2)C1.